The fourth-order valence-electron chi connectivity index (χ4n) is 4.31. The average Bonchev–Trinajstić information content (AvgIpc) is 3.21. The number of aliphatic hydroxyl groups is 1. The van der Waals surface area contributed by atoms with Crippen molar-refractivity contribution in [2.24, 2.45) is 0 Å². The van der Waals surface area contributed by atoms with Crippen molar-refractivity contribution >= 4 is 29.0 Å². The first-order chi connectivity index (χ1) is 18.8. The third-order valence-corrected chi connectivity index (χ3v) is 5.95. The third-order valence-electron chi connectivity index (χ3n) is 5.95. The molecular formula is C27H36N6O7. The van der Waals surface area contributed by atoms with E-state index in [4.69, 9.17) is 18.9 Å². The molecule has 3 aromatic heterocycles. The normalized spacial score (nSPS) is 17.8. The molecule has 1 saturated carbocycles. The Labute approximate surface area is 232 Å². The fraction of sp³-hybridized carbons (Fsp3) is 0.556. The first kappa shape index (κ1) is 29.0. The number of aromatic nitrogens is 5. The van der Waals surface area contributed by atoms with E-state index in [2.05, 4.69) is 20.1 Å². The van der Waals surface area contributed by atoms with Crippen LogP contribution in [0.2, 0.25) is 0 Å². The summed E-state index contributed by atoms with van der Waals surface area (Å²) in [6, 6.07) is 2.80. The lowest BCUT2D eigenvalue weighted by atomic mass is 9.93. The molecule has 216 valence electrons. The quantitative estimate of drug-likeness (QED) is 0.443. The summed E-state index contributed by atoms with van der Waals surface area (Å²) in [5.41, 5.74) is -1.60. The van der Waals surface area contributed by atoms with E-state index >= 15 is 0 Å². The molecule has 1 unspecified atom stereocenters. The van der Waals surface area contributed by atoms with Crippen molar-refractivity contribution in [3.8, 4) is 17.5 Å². The lowest BCUT2D eigenvalue weighted by molar-refractivity contribution is 0.0429. The molecule has 2 atom stereocenters. The summed E-state index contributed by atoms with van der Waals surface area (Å²) in [5, 5.41) is 15.6. The molecule has 2 amide bonds. The molecule has 40 heavy (non-hydrogen) atoms. The van der Waals surface area contributed by atoms with Gasteiger partial charge in [0.25, 0.3) is 5.88 Å². The van der Waals surface area contributed by atoms with Gasteiger partial charge >= 0.3 is 12.2 Å². The molecule has 4 rings (SSSR count). The smallest absolute Gasteiger partial charge is 0.425 e. The summed E-state index contributed by atoms with van der Waals surface area (Å²) in [4.78, 5) is 40.5. The number of methoxy groups -OCH3 is 1. The van der Waals surface area contributed by atoms with Gasteiger partial charge in [-0.1, -0.05) is 12.8 Å². The third kappa shape index (κ3) is 6.58. The van der Waals surface area contributed by atoms with Gasteiger partial charge in [-0.3, -0.25) is 0 Å². The molecule has 13 nitrogen and oxygen atoms in total. The molecule has 0 aromatic carbocycles. The lowest BCUT2D eigenvalue weighted by Gasteiger charge is -2.28. The number of fused-ring (bicyclic) bond motifs is 1. The molecular weight excluding hydrogens is 520 g/mol. The highest BCUT2D eigenvalue weighted by atomic mass is 16.6. The first-order valence-electron chi connectivity index (χ1n) is 13.1. The highest BCUT2D eigenvalue weighted by molar-refractivity contribution is 6.14. The molecule has 1 aliphatic carbocycles. The number of rotatable bonds is 5. The second kappa shape index (κ2) is 11.2. The van der Waals surface area contributed by atoms with Crippen LogP contribution in [0.3, 0.4) is 0 Å². The number of hydrogen-bond donors (Lipinski definition) is 1. The predicted molar refractivity (Wildman–Crippen MR) is 145 cm³/mol. The van der Waals surface area contributed by atoms with Crippen molar-refractivity contribution in [3.63, 3.8) is 0 Å². The van der Waals surface area contributed by atoms with E-state index in [-0.39, 0.29) is 28.6 Å². The van der Waals surface area contributed by atoms with Crippen molar-refractivity contribution in [2.45, 2.75) is 90.6 Å². The average molecular weight is 557 g/mol. The molecule has 1 aliphatic rings. The van der Waals surface area contributed by atoms with Crippen LogP contribution in [0, 0.1) is 0 Å². The highest BCUT2D eigenvalue weighted by Crippen LogP contribution is 2.39. The van der Waals surface area contributed by atoms with E-state index in [0.717, 1.165) is 12.8 Å². The van der Waals surface area contributed by atoms with E-state index in [1.807, 2.05) is 0 Å². The number of carbonyl (C=O) groups excluding carboxylic acids is 2. The van der Waals surface area contributed by atoms with Crippen LogP contribution in [0.15, 0.2) is 24.7 Å². The van der Waals surface area contributed by atoms with Crippen LogP contribution in [-0.2, 0) is 9.47 Å². The number of pyridine rings is 1. The van der Waals surface area contributed by atoms with Crippen LogP contribution in [0.1, 0.15) is 73.3 Å². The van der Waals surface area contributed by atoms with Crippen LogP contribution < -0.4 is 14.4 Å². The molecule has 13 heteroatoms. The van der Waals surface area contributed by atoms with Crippen LogP contribution in [0.4, 0.5) is 15.4 Å². The topological polar surface area (TPSA) is 151 Å². The molecule has 1 N–H and O–H groups in total. The van der Waals surface area contributed by atoms with E-state index in [0.29, 0.717) is 23.5 Å². The molecule has 0 spiro atoms. The number of carbonyl (C=O) groups is 2. The van der Waals surface area contributed by atoms with Gasteiger partial charge in [0.2, 0.25) is 5.88 Å². The van der Waals surface area contributed by atoms with Gasteiger partial charge in [0, 0.05) is 12.3 Å². The Hall–Kier alpha value is -4.00. The predicted octanol–water partition coefficient (Wildman–Crippen LogP) is 5.17. The van der Waals surface area contributed by atoms with Gasteiger partial charge in [0.1, 0.15) is 28.7 Å². The fourth-order valence-corrected chi connectivity index (χ4v) is 4.31. The SMILES string of the molecule is COc1ccnc(Oc2nn([C@@H]3CCCCC3O)c3ncnc(N(C(=O)OC(C)(C)C)C(=O)OC(C)(C)C)c23)c1. The summed E-state index contributed by atoms with van der Waals surface area (Å²) >= 11 is 0. The van der Waals surface area contributed by atoms with Crippen molar-refractivity contribution in [1.29, 1.82) is 0 Å². The zero-order valence-corrected chi connectivity index (χ0v) is 23.9. The van der Waals surface area contributed by atoms with Crippen LogP contribution in [-0.4, -0.2) is 66.4 Å². The molecule has 0 saturated heterocycles. The molecule has 0 aliphatic heterocycles. The van der Waals surface area contributed by atoms with Crippen LogP contribution in [0.25, 0.3) is 11.0 Å². The molecule has 3 aromatic rings. The van der Waals surface area contributed by atoms with E-state index in [1.165, 1.54) is 19.6 Å². The summed E-state index contributed by atoms with van der Waals surface area (Å²) in [6.45, 7) is 10.1. The Morgan fingerprint density at radius 1 is 1.00 bits per heavy atom. The van der Waals surface area contributed by atoms with Gasteiger partial charge in [-0.05, 0) is 60.5 Å². The number of amides is 2. The summed E-state index contributed by atoms with van der Waals surface area (Å²) in [7, 11) is 1.51. The molecule has 0 bridgehead atoms. The lowest BCUT2D eigenvalue weighted by Crippen LogP contribution is -2.44. The maximum atomic E-state index is 13.4. The zero-order valence-electron chi connectivity index (χ0n) is 23.9. The molecule has 0 radical (unpaired) electrons. The van der Waals surface area contributed by atoms with E-state index < -0.39 is 35.5 Å². The van der Waals surface area contributed by atoms with Crippen molar-refractivity contribution in [1.82, 2.24) is 24.7 Å². The number of hydrogen-bond acceptors (Lipinski definition) is 11. The second-order valence-corrected chi connectivity index (χ2v) is 11.5. The van der Waals surface area contributed by atoms with E-state index in [1.54, 1.807) is 58.4 Å². The Balaban J connectivity index is 1.93. The minimum atomic E-state index is -1.00. The molecule has 3 heterocycles. The van der Waals surface area contributed by atoms with Crippen LogP contribution in [0.5, 0.6) is 17.5 Å². The van der Waals surface area contributed by atoms with Crippen molar-refractivity contribution in [2.75, 3.05) is 12.0 Å². The standard InChI is InChI=1S/C27H36N6O7/c1-26(2,3)39-24(35)32(25(36)40-27(4,5)6)21-20-22(30-15-29-21)33(17-10-8-9-11-18(17)34)31-23(20)38-19-14-16(37-7)12-13-28-19/h12-15,17-18,34H,8-11H2,1-7H3/t17-,18?/m1/s1. The van der Waals surface area contributed by atoms with Crippen molar-refractivity contribution in [3.05, 3.63) is 24.7 Å². The number of nitrogens with zero attached hydrogens (tertiary/aromatic N) is 6. The minimum Gasteiger partial charge on any atom is -0.497 e. The molecule has 1 fully saturated rings. The summed E-state index contributed by atoms with van der Waals surface area (Å²) in [5.74, 6) is 0.465. The van der Waals surface area contributed by atoms with Crippen molar-refractivity contribution < 1.29 is 33.6 Å². The number of imide groups is 1. The van der Waals surface area contributed by atoms with Gasteiger partial charge in [-0.25, -0.2) is 29.2 Å². The maximum absolute atomic E-state index is 13.4. The highest BCUT2D eigenvalue weighted by Gasteiger charge is 2.38. The zero-order chi connectivity index (χ0) is 29.2. The van der Waals surface area contributed by atoms with Gasteiger partial charge in [0.15, 0.2) is 11.5 Å². The minimum absolute atomic E-state index is 0.0266. The first-order valence-corrected chi connectivity index (χ1v) is 13.1. The second-order valence-electron chi connectivity index (χ2n) is 11.5. The summed E-state index contributed by atoms with van der Waals surface area (Å²) < 4.78 is 24.0. The number of ether oxygens (including phenoxy) is 4. The Bertz CT molecular complexity index is 1350. The number of anilines is 1. The summed E-state index contributed by atoms with van der Waals surface area (Å²) in [6.07, 6.45) is 3.05. The Kier molecular flexibility index (Phi) is 8.15. The van der Waals surface area contributed by atoms with Crippen LogP contribution >= 0.6 is 0 Å². The maximum Gasteiger partial charge on any atom is 0.425 e. The monoisotopic (exact) mass is 556 g/mol. The van der Waals surface area contributed by atoms with E-state index in [9.17, 15) is 14.7 Å². The van der Waals surface area contributed by atoms with Gasteiger partial charge < -0.3 is 24.1 Å². The number of aliphatic hydroxyl groups excluding tert-OH is 1. The van der Waals surface area contributed by atoms with Gasteiger partial charge in [0.05, 0.1) is 19.3 Å². The Morgan fingerprint density at radius 3 is 2.25 bits per heavy atom. The van der Waals surface area contributed by atoms with Gasteiger partial charge in [-0.15, -0.1) is 5.10 Å². The van der Waals surface area contributed by atoms with Gasteiger partial charge in [-0.2, -0.15) is 4.90 Å². The Morgan fingerprint density at radius 2 is 1.65 bits per heavy atom. The largest absolute Gasteiger partial charge is 0.497 e.